The lowest BCUT2D eigenvalue weighted by molar-refractivity contribution is -0.144. The van der Waals surface area contributed by atoms with Gasteiger partial charge in [0.25, 0.3) is 0 Å². The zero-order valence-corrected chi connectivity index (χ0v) is 17.6. The van der Waals surface area contributed by atoms with Gasteiger partial charge in [0.05, 0.1) is 19.8 Å². The van der Waals surface area contributed by atoms with Crippen LogP contribution in [0, 0.1) is 35.0 Å². The number of hydrogen-bond donors (Lipinski definition) is 0. The van der Waals surface area contributed by atoms with E-state index in [0.717, 1.165) is 37.7 Å². The molecule has 3 atom stereocenters. The molecule has 1 saturated carbocycles. The topological polar surface area (TPSA) is 44.8 Å². The molecule has 0 radical (unpaired) electrons. The Balaban J connectivity index is 1.37. The molecule has 4 nitrogen and oxygen atoms in total. The van der Waals surface area contributed by atoms with Crippen molar-refractivity contribution in [2.45, 2.75) is 72.1 Å². The third-order valence-corrected chi connectivity index (χ3v) is 5.53. The first-order chi connectivity index (χ1) is 13.0. The van der Waals surface area contributed by atoms with E-state index in [-0.39, 0.29) is 5.97 Å². The molecule has 27 heavy (non-hydrogen) atoms. The lowest BCUT2D eigenvalue weighted by Gasteiger charge is -2.17. The number of rotatable bonds is 12. The van der Waals surface area contributed by atoms with Gasteiger partial charge < -0.3 is 14.2 Å². The second-order valence-electron chi connectivity index (χ2n) is 9.10. The second kappa shape index (κ2) is 11.7. The minimum absolute atomic E-state index is 0.0902. The van der Waals surface area contributed by atoms with Crippen molar-refractivity contribution >= 4 is 5.97 Å². The molecule has 4 heteroatoms. The maximum atomic E-state index is 11.9. The van der Waals surface area contributed by atoms with Crippen LogP contribution in [0.5, 0.6) is 0 Å². The van der Waals surface area contributed by atoms with Gasteiger partial charge in [-0.3, -0.25) is 4.79 Å². The Morgan fingerprint density at radius 2 is 1.52 bits per heavy atom. The molecule has 0 saturated heterocycles. The minimum atomic E-state index is -0.0902. The Bertz CT molecular complexity index is 479. The summed E-state index contributed by atoms with van der Waals surface area (Å²) in [7, 11) is 0. The van der Waals surface area contributed by atoms with Crippen molar-refractivity contribution < 1.29 is 19.0 Å². The van der Waals surface area contributed by atoms with Crippen molar-refractivity contribution in [3.63, 3.8) is 0 Å². The van der Waals surface area contributed by atoms with Crippen LogP contribution in [0.15, 0.2) is 0 Å². The summed E-state index contributed by atoms with van der Waals surface area (Å²) in [4.78, 5) is 11.9. The van der Waals surface area contributed by atoms with Crippen LogP contribution in [0.25, 0.3) is 0 Å². The summed E-state index contributed by atoms with van der Waals surface area (Å²) in [5.74, 6) is 8.38. The summed E-state index contributed by atoms with van der Waals surface area (Å²) in [6.07, 6.45) is 7.77. The Labute approximate surface area is 165 Å². The molecule has 2 rings (SSSR count). The molecular formula is C23H38O4. The molecule has 0 amide bonds. The Morgan fingerprint density at radius 3 is 2.11 bits per heavy atom. The maximum Gasteiger partial charge on any atom is 0.305 e. The monoisotopic (exact) mass is 378 g/mol. The summed E-state index contributed by atoms with van der Waals surface area (Å²) < 4.78 is 16.6. The fourth-order valence-corrected chi connectivity index (χ4v) is 3.89. The highest BCUT2D eigenvalue weighted by Gasteiger charge is 2.49. The van der Waals surface area contributed by atoms with E-state index in [0.29, 0.717) is 50.6 Å². The summed E-state index contributed by atoms with van der Waals surface area (Å²) >= 11 is 0. The Morgan fingerprint density at radius 1 is 0.926 bits per heavy atom. The van der Waals surface area contributed by atoms with Crippen LogP contribution in [0.4, 0.5) is 0 Å². The number of carbonyl (C=O) groups excluding carboxylic acids is 1. The van der Waals surface area contributed by atoms with Crippen molar-refractivity contribution in [1.82, 2.24) is 0 Å². The third-order valence-electron chi connectivity index (χ3n) is 5.53. The van der Waals surface area contributed by atoms with Crippen molar-refractivity contribution in [1.29, 1.82) is 0 Å². The molecular weight excluding hydrogens is 340 g/mol. The van der Waals surface area contributed by atoms with Gasteiger partial charge in [0, 0.05) is 32.5 Å². The van der Waals surface area contributed by atoms with Crippen molar-refractivity contribution in [2.75, 3.05) is 33.0 Å². The molecule has 0 aromatic heterocycles. The largest absolute Gasteiger partial charge is 0.465 e. The SMILES string of the molecule is CC(C)(C)CCCOCCOCCCC(=O)OCC1[C@H]2CCC#CCC[C@@H]12. The fourth-order valence-electron chi connectivity index (χ4n) is 3.89. The predicted octanol–water partition coefficient (Wildman–Crippen LogP) is 4.61. The Hall–Kier alpha value is -1.05. The van der Waals surface area contributed by atoms with Gasteiger partial charge in [-0.2, -0.15) is 0 Å². The number of hydrogen-bond acceptors (Lipinski definition) is 4. The second-order valence-corrected chi connectivity index (χ2v) is 9.10. The normalized spacial score (nSPS) is 24.2. The summed E-state index contributed by atoms with van der Waals surface area (Å²) in [5.41, 5.74) is 0.374. The molecule has 0 aliphatic heterocycles. The van der Waals surface area contributed by atoms with E-state index < -0.39 is 0 Å². The first-order valence-electron chi connectivity index (χ1n) is 10.7. The van der Waals surface area contributed by atoms with Gasteiger partial charge in [-0.25, -0.2) is 0 Å². The molecule has 0 heterocycles. The fraction of sp³-hybridized carbons (Fsp3) is 0.870. The molecule has 2 aliphatic carbocycles. The van der Waals surface area contributed by atoms with Crippen LogP contribution >= 0.6 is 0 Å². The van der Waals surface area contributed by atoms with Crippen LogP contribution < -0.4 is 0 Å². The highest BCUT2D eigenvalue weighted by Crippen LogP contribution is 2.52. The van der Waals surface area contributed by atoms with Crippen LogP contribution in [0.2, 0.25) is 0 Å². The van der Waals surface area contributed by atoms with E-state index in [1.807, 2.05) is 0 Å². The lowest BCUT2D eigenvalue weighted by atomic mass is 9.91. The van der Waals surface area contributed by atoms with E-state index in [9.17, 15) is 4.79 Å². The molecule has 0 N–H and O–H groups in total. The standard InChI is InChI=1S/C23H38O4/c1-23(2,3)13-9-15-26-17-16-25-14-8-12-22(24)27-18-21-19-10-6-4-5-7-11-20(19)21/h19-21H,6-18H2,1-3H3/t19-,20+,21?. The van der Waals surface area contributed by atoms with Gasteiger partial charge in [0.15, 0.2) is 0 Å². The van der Waals surface area contributed by atoms with Gasteiger partial charge in [-0.1, -0.05) is 20.8 Å². The van der Waals surface area contributed by atoms with Gasteiger partial charge in [-0.05, 0) is 55.3 Å². The number of esters is 1. The minimum Gasteiger partial charge on any atom is -0.465 e. The van der Waals surface area contributed by atoms with E-state index in [2.05, 4.69) is 32.6 Å². The lowest BCUT2D eigenvalue weighted by Crippen LogP contribution is -2.11. The maximum absolute atomic E-state index is 11.9. The number of carbonyl (C=O) groups is 1. The highest BCUT2D eigenvalue weighted by molar-refractivity contribution is 5.69. The van der Waals surface area contributed by atoms with Crippen LogP contribution in [0.1, 0.15) is 72.1 Å². The average Bonchev–Trinajstić information content (AvgIpc) is 3.23. The first kappa shape index (κ1) is 22.2. The van der Waals surface area contributed by atoms with Gasteiger partial charge in [-0.15, -0.1) is 11.8 Å². The Kier molecular flexibility index (Phi) is 9.65. The molecule has 0 aromatic rings. The molecule has 0 spiro atoms. The van der Waals surface area contributed by atoms with Crippen LogP contribution in [-0.2, 0) is 19.0 Å². The van der Waals surface area contributed by atoms with E-state index in [1.54, 1.807) is 0 Å². The number of fused-ring (bicyclic) bond motifs is 1. The summed E-state index contributed by atoms with van der Waals surface area (Å²) in [6.45, 7) is 9.94. The quantitative estimate of drug-likeness (QED) is 0.283. The zero-order valence-electron chi connectivity index (χ0n) is 17.6. The molecule has 0 aromatic carbocycles. The van der Waals surface area contributed by atoms with Gasteiger partial charge in [0.2, 0.25) is 0 Å². The molecule has 154 valence electrons. The predicted molar refractivity (Wildman–Crippen MR) is 107 cm³/mol. The third kappa shape index (κ3) is 9.63. The molecule has 1 fully saturated rings. The average molecular weight is 379 g/mol. The van der Waals surface area contributed by atoms with Crippen molar-refractivity contribution in [3.05, 3.63) is 0 Å². The molecule has 2 aliphatic rings. The van der Waals surface area contributed by atoms with Crippen molar-refractivity contribution in [3.8, 4) is 11.8 Å². The number of ether oxygens (including phenoxy) is 3. The van der Waals surface area contributed by atoms with Crippen molar-refractivity contribution in [2.24, 2.45) is 23.2 Å². The zero-order chi connectivity index (χ0) is 19.5. The summed E-state index contributed by atoms with van der Waals surface area (Å²) in [6, 6.07) is 0. The summed E-state index contributed by atoms with van der Waals surface area (Å²) in [5, 5.41) is 0. The van der Waals surface area contributed by atoms with Gasteiger partial charge >= 0.3 is 5.97 Å². The van der Waals surface area contributed by atoms with E-state index in [1.165, 1.54) is 19.3 Å². The highest BCUT2D eigenvalue weighted by atomic mass is 16.5. The van der Waals surface area contributed by atoms with E-state index >= 15 is 0 Å². The first-order valence-corrected chi connectivity index (χ1v) is 10.7. The smallest absolute Gasteiger partial charge is 0.305 e. The van der Waals surface area contributed by atoms with Gasteiger partial charge in [0.1, 0.15) is 0 Å². The van der Waals surface area contributed by atoms with Crippen LogP contribution in [-0.4, -0.2) is 39.0 Å². The molecule has 0 bridgehead atoms. The van der Waals surface area contributed by atoms with Crippen LogP contribution in [0.3, 0.4) is 0 Å². The van der Waals surface area contributed by atoms with E-state index in [4.69, 9.17) is 14.2 Å². The molecule has 1 unspecified atom stereocenters.